The summed E-state index contributed by atoms with van der Waals surface area (Å²) >= 11 is 1.49. The van der Waals surface area contributed by atoms with Gasteiger partial charge < -0.3 is 19.3 Å². The molecule has 0 unspecified atom stereocenters. The van der Waals surface area contributed by atoms with Crippen LogP contribution in [0.1, 0.15) is 26.5 Å². The van der Waals surface area contributed by atoms with Gasteiger partial charge in [-0.1, -0.05) is 16.5 Å². The van der Waals surface area contributed by atoms with E-state index in [2.05, 4.69) is 10.5 Å². The summed E-state index contributed by atoms with van der Waals surface area (Å²) in [5.41, 5.74) is 0.758. The molecule has 1 aromatic carbocycles. The molecule has 2 heterocycles. The Labute approximate surface area is 162 Å². The predicted octanol–water partition coefficient (Wildman–Crippen LogP) is 4.66. The Morgan fingerprint density at radius 3 is 2.63 bits per heavy atom. The molecule has 0 bridgehead atoms. The first kappa shape index (κ1) is 19.0. The van der Waals surface area contributed by atoms with Crippen molar-refractivity contribution in [3.05, 3.63) is 48.2 Å². The summed E-state index contributed by atoms with van der Waals surface area (Å²) in [7, 11) is 0. The average molecular weight is 386 g/mol. The highest BCUT2D eigenvalue weighted by atomic mass is 32.1. The maximum absolute atomic E-state index is 10.9. The molecule has 1 amide bonds. The molecule has 3 aromatic rings. The van der Waals surface area contributed by atoms with Crippen molar-refractivity contribution < 1.29 is 18.8 Å². The lowest BCUT2D eigenvalue weighted by molar-refractivity contribution is -0.118. The summed E-state index contributed by atoms with van der Waals surface area (Å²) in [5.74, 6) is 2.24. The van der Waals surface area contributed by atoms with Gasteiger partial charge in [0.05, 0.1) is 11.0 Å². The zero-order valence-corrected chi connectivity index (χ0v) is 16.3. The van der Waals surface area contributed by atoms with E-state index in [9.17, 15) is 4.79 Å². The zero-order valence-electron chi connectivity index (χ0n) is 15.5. The number of benzene rings is 1. The molecule has 0 saturated carbocycles. The molecule has 7 heteroatoms. The third-order valence-corrected chi connectivity index (χ3v) is 4.54. The average Bonchev–Trinajstić information content (AvgIpc) is 3.25. The summed E-state index contributed by atoms with van der Waals surface area (Å²) in [6.07, 6.45) is 0.744. The van der Waals surface area contributed by atoms with Crippen LogP contribution in [0.5, 0.6) is 16.6 Å². The molecular weight excluding hydrogens is 364 g/mol. The number of nitrogens with one attached hydrogen (secondary N) is 1. The molecule has 0 atom stereocenters. The zero-order chi connectivity index (χ0) is 19.2. The second-order valence-electron chi connectivity index (χ2n) is 6.27. The van der Waals surface area contributed by atoms with E-state index >= 15 is 0 Å². The normalized spacial score (nSPS) is 10.8. The molecule has 0 aliphatic heterocycles. The van der Waals surface area contributed by atoms with E-state index in [0.29, 0.717) is 13.0 Å². The predicted molar refractivity (Wildman–Crippen MR) is 104 cm³/mol. The Bertz CT molecular complexity index is 884. The number of thiophene rings is 1. The Balaban J connectivity index is 1.60. The van der Waals surface area contributed by atoms with Crippen molar-refractivity contribution in [2.24, 2.45) is 0 Å². The molecule has 0 aliphatic rings. The fourth-order valence-electron chi connectivity index (χ4n) is 2.40. The SMILES string of the molecule is CC(=O)NCCc1cc(-c2ccc(Oc3ccc(OC(C)C)cc3)s2)no1. The van der Waals surface area contributed by atoms with Gasteiger partial charge in [0.15, 0.2) is 5.06 Å². The highest BCUT2D eigenvalue weighted by molar-refractivity contribution is 7.17. The minimum atomic E-state index is -0.0569. The smallest absolute Gasteiger partial charge is 0.216 e. The monoisotopic (exact) mass is 386 g/mol. The van der Waals surface area contributed by atoms with Crippen LogP contribution in [-0.2, 0) is 11.2 Å². The van der Waals surface area contributed by atoms with E-state index < -0.39 is 0 Å². The number of aromatic nitrogens is 1. The van der Waals surface area contributed by atoms with Crippen molar-refractivity contribution in [2.45, 2.75) is 33.3 Å². The third kappa shape index (κ3) is 5.59. The van der Waals surface area contributed by atoms with E-state index in [-0.39, 0.29) is 12.0 Å². The van der Waals surface area contributed by atoms with Gasteiger partial charge >= 0.3 is 0 Å². The van der Waals surface area contributed by atoms with Crippen molar-refractivity contribution >= 4 is 17.2 Å². The standard InChI is InChI=1S/C20H22N2O4S/c1-13(2)24-15-4-6-16(7-5-15)25-20-9-8-19(27-20)18-12-17(26-22-18)10-11-21-14(3)23/h4-9,12-13H,10-11H2,1-3H3,(H,21,23). The first-order chi connectivity index (χ1) is 13.0. The molecule has 1 N–H and O–H groups in total. The maximum atomic E-state index is 10.9. The van der Waals surface area contributed by atoms with Gasteiger partial charge in [-0.05, 0) is 50.2 Å². The molecule has 0 spiro atoms. The molecule has 0 saturated heterocycles. The summed E-state index contributed by atoms with van der Waals surface area (Å²) < 4.78 is 16.8. The minimum Gasteiger partial charge on any atom is -0.491 e. The van der Waals surface area contributed by atoms with Gasteiger partial charge in [0.2, 0.25) is 5.91 Å². The largest absolute Gasteiger partial charge is 0.491 e. The van der Waals surface area contributed by atoms with Crippen molar-refractivity contribution in [1.29, 1.82) is 0 Å². The number of hydrogen-bond acceptors (Lipinski definition) is 6. The molecule has 0 aliphatic carbocycles. The van der Waals surface area contributed by atoms with E-state index in [1.165, 1.54) is 18.3 Å². The van der Waals surface area contributed by atoms with Crippen molar-refractivity contribution in [3.8, 4) is 27.1 Å². The van der Waals surface area contributed by atoms with Gasteiger partial charge in [0, 0.05) is 26.0 Å². The highest BCUT2D eigenvalue weighted by Gasteiger charge is 2.11. The fraction of sp³-hybridized carbons (Fsp3) is 0.300. The minimum absolute atomic E-state index is 0.0569. The molecule has 3 rings (SSSR count). The van der Waals surface area contributed by atoms with E-state index in [4.69, 9.17) is 14.0 Å². The molecular formula is C20H22N2O4S. The molecule has 0 radical (unpaired) electrons. The van der Waals surface area contributed by atoms with Gasteiger partial charge in [-0.15, -0.1) is 0 Å². The summed E-state index contributed by atoms with van der Waals surface area (Å²) in [4.78, 5) is 11.9. The van der Waals surface area contributed by atoms with Crippen LogP contribution in [0, 0.1) is 0 Å². The highest BCUT2D eigenvalue weighted by Crippen LogP contribution is 2.35. The number of ether oxygens (including phenoxy) is 2. The topological polar surface area (TPSA) is 73.6 Å². The lowest BCUT2D eigenvalue weighted by Crippen LogP contribution is -2.22. The van der Waals surface area contributed by atoms with Crippen molar-refractivity contribution in [1.82, 2.24) is 10.5 Å². The number of amides is 1. The quantitative estimate of drug-likeness (QED) is 0.609. The Hall–Kier alpha value is -2.80. The Morgan fingerprint density at radius 1 is 1.19 bits per heavy atom. The molecule has 0 fully saturated rings. The first-order valence-electron chi connectivity index (χ1n) is 8.74. The number of rotatable bonds is 8. The van der Waals surface area contributed by atoms with Crippen LogP contribution in [0.3, 0.4) is 0 Å². The van der Waals surface area contributed by atoms with Gasteiger partial charge in [-0.2, -0.15) is 0 Å². The van der Waals surface area contributed by atoms with Crippen LogP contribution >= 0.6 is 11.3 Å². The number of nitrogens with zero attached hydrogens (tertiary/aromatic N) is 1. The van der Waals surface area contributed by atoms with Crippen LogP contribution in [0.4, 0.5) is 0 Å². The first-order valence-corrected chi connectivity index (χ1v) is 9.56. The number of carbonyl (C=O) groups is 1. The molecule has 2 aromatic heterocycles. The Kier molecular flexibility index (Phi) is 6.13. The van der Waals surface area contributed by atoms with Crippen LogP contribution in [0.15, 0.2) is 47.0 Å². The second kappa shape index (κ2) is 8.73. The van der Waals surface area contributed by atoms with Crippen LogP contribution < -0.4 is 14.8 Å². The van der Waals surface area contributed by atoms with E-state index in [1.54, 1.807) is 0 Å². The van der Waals surface area contributed by atoms with Gasteiger partial charge in [-0.25, -0.2) is 0 Å². The lowest BCUT2D eigenvalue weighted by atomic mass is 10.2. The maximum Gasteiger partial charge on any atom is 0.216 e. The lowest BCUT2D eigenvalue weighted by Gasteiger charge is -2.10. The number of hydrogen-bond donors (Lipinski definition) is 1. The Morgan fingerprint density at radius 2 is 1.93 bits per heavy atom. The van der Waals surface area contributed by atoms with Gasteiger partial charge in [-0.3, -0.25) is 4.79 Å². The van der Waals surface area contributed by atoms with Crippen molar-refractivity contribution in [3.63, 3.8) is 0 Å². The van der Waals surface area contributed by atoms with Gasteiger partial charge in [0.25, 0.3) is 0 Å². The summed E-state index contributed by atoms with van der Waals surface area (Å²) in [6, 6.07) is 13.3. The van der Waals surface area contributed by atoms with Crippen LogP contribution in [-0.4, -0.2) is 23.7 Å². The summed E-state index contributed by atoms with van der Waals surface area (Å²) in [5, 5.41) is 7.60. The van der Waals surface area contributed by atoms with E-state index in [0.717, 1.165) is 32.9 Å². The van der Waals surface area contributed by atoms with Crippen molar-refractivity contribution in [2.75, 3.05) is 6.54 Å². The summed E-state index contributed by atoms with van der Waals surface area (Å²) in [6.45, 7) is 6.00. The fourth-order valence-corrected chi connectivity index (χ4v) is 3.22. The number of carbonyl (C=O) groups excluding carboxylic acids is 1. The molecule has 142 valence electrons. The van der Waals surface area contributed by atoms with Crippen LogP contribution in [0.25, 0.3) is 10.6 Å². The molecule has 6 nitrogen and oxygen atoms in total. The molecule has 27 heavy (non-hydrogen) atoms. The third-order valence-electron chi connectivity index (χ3n) is 3.55. The van der Waals surface area contributed by atoms with Gasteiger partial charge in [0.1, 0.15) is 23.0 Å². The second-order valence-corrected chi connectivity index (χ2v) is 7.32. The van der Waals surface area contributed by atoms with E-state index in [1.807, 2.05) is 56.3 Å². The van der Waals surface area contributed by atoms with Crippen LogP contribution in [0.2, 0.25) is 0 Å².